The van der Waals surface area contributed by atoms with Crippen LogP contribution in [0.2, 0.25) is 0 Å². The number of fused-ring (bicyclic) bond motifs is 1. The van der Waals surface area contributed by atoms with Crippen LogP contribution in [0.25, 0.3) is 11.5 Å². The molecule has 1 aliphatic rings. The first-order chi connectivity index (χ1) is 18.2. The van der Waals surface area contributed by atoms with E-state index in [1.54, 1.807) is 29.1 Å². The highest BCUT2D eigenvalue weighted by atomic mass is 16.4. The van der Waals surface area contributed by atoms with E-state index in [0.717, 1.165) is 18.4 Å². The number of hydrogen-bond donors (Lipinski definition) is 2. The maximum absolute atomic E-state index is 13.5. The molecule has 210 valence electrons. The third kappa shape index (κ3) is 7.57. The van der Waals surface area contributed by atoms with Gasteiger partial charge in [0.25, 0.3) is 5.91 Å². The minimum absolute atomic E-state index is 0. The third-order valence-electron chi connectivity index (χ3n) is 6.79. The van der Waals surface area contributed by atoms with Crippen LogP contribution in [0.15, 0.2) is 51.7 Å². The lowest BCUT2D eigenvalue weighted by Crippen LogP contribution is -2.48. The number of aromatic amines is 1. The van der Waals surface area contributed by atoms with Crippen LogP contribution in [0.5, 0.6) is 0 Å². The van der Waals surface area contributed by atoms with Gasteiger partial charge >= 0.3 is 5.76 Å². The summed E-state index contributed by atoms with van der Waals surface area (Å²) < 4.78 is 5.13. The van der Waals surface area contributed by atoms with Crippen LogP contribution < -0.4 is 16.0 Å². The Morgan fingerprint density at radius 2 is 1.82 bits per heavy atom. The molecule has 10 nitrogen and oxygen atoms in total. The summed E-state index contributed by atoms with van der Waals surface area (Å²) in [5.41, 5.74) is 4.55. The maximum Gasteiger partial charge on any atom is 0.434 e. The molecule has 0 saturated carbocycles. The number of carbonyl (C=O) groups is 2. The molecule has 0 spiro atoms. The number of H-pyrrole nitrogens is 1. The summed E-state index contributed by atoms with van der Waals surface area (Å²) in [5.74, 6) is -0.230. The normalized spacial score (nSPS) is 12.6. The van der Waals surface area contributed by atoms with Gasteiger partial charge in [-0.2, -0.15) is 0 Å². The molecule has 3 aromatic rings. The number of carbonyl (C=O) groups excluding carboxylic acids is 2. The average molecular weight is 537 g/mol. The Bertz CT molecular complexity index is 1310. The molecule has 1 aliphatic heterocycles. The molecule has 0 fully saturated rings. The van der Waals surface area contributed by atoms with Crippen molar-refractivity contribution in [1.82, 2.24) is 25.5 Å². The van der Waals surface area contributed by atoms with Gasteiger partial charge in [0.15, 0.2) is 0 Å². The van der Waals surface area contributed by atoms with Gasteiger partial charge in [-0.05, 0) is 54.5 Å². The minimum Gasteiger partial charge on any atom is -0.388 e. The lowest BCUT2D eigenvalue weighted by atomic mass is 10.1. The van der Waals surface area contributed by atoms with E-state index in [-0.39, 0.29) is 38.2 Å². The van der Waals surface area contributed by atoms with E-state index in [4.69, 9.17) is 4.42 Å². The Balaban J connectivity index is 0.00000420. The number of rotatable bonds is 11. The van der Waals surface area contributed by atoms with Crippen LogP contribution in [-0.2, 0) is 22.7 Å². The van der Waals surface area contributed by atoms with E-state index in [1.165, 1.54) is 11.1 Å². The zero-order valence-corrected chi connectivity index (χ0v) is 22.5. The molecule has 0 bridgehead atoms. The molecule has 10 heteroatoms. The largest absolute Gasteiger partial charge is 0.434 e. The molecule has 1 aromatic heterocycles. The summed E-state index contributed by atoms with van der Waals surface area (Å²) in [4.78, 5) is 39.7. The van der Waals surface area contributed by atoms with Gasteiger partial charge in [-0.25, -0.2) is 14.9 Å². The van der Waals surface area contributed by atoms with Gasteiger partial charge in [0.05, 0.1) is 13.1 Å². The highest BCUT2D eigenvalue weighted by Gasteiger charge is 2.27. The number of hydrogen-bond acceptors (Lipinski definition) is 7. The molecule has 2 aromatic carbocycles. The molecule has 4 rings (SSSR count). The van der Waals surface area contributed by atoms with Gasteiger partial charge in [0.2, 0.25) is 11.8 Å². The van der Waals surface area contributed by atoms with E-state index >= 15 is 0 Å². The van der Waals surface area contributed by atoms with Gasteiger partial charge < -0.3 is 14.6 Å². The number of aryl methyl sites for hydroxylation is 1. The fourth-order valence-electron chi connectivity index (χ4n) is 4.58. The van der Waals surface area contributed by atoms with Crippen molar-refractivity contribution < 1.29 is 14.0 Å². The third-order valence-corrected chi connectivity index (χ3v) is 6.79. The monoisotopic (exact) mass is 536 g/mol. The smallest absolute Gasteiger partial charge is 0.388 e. The van der Waals surface area contributed by atoms with E-state index < -0.39 is 5.76 Å². The van der Waals surface area contributed by atoms with Crippen molar-refractivity contribution in [1.29, 1.82) is 0 Å². The topological polar surface area (TPSA) is 115 Å². The summed E-state index contributed by atoms with van der Waals surface area (Å²) in [5, 5.41) is 12.8. The second kappa shape index (κ2) is 13.2. The first-order valence-electron chi connectivity index (χ1n) is 13.0. The van der Waals surface area contributed by atoms with Crippen molar-refractivity contribution in [2.45, 2.75) is 54.1 Å². The van der Waals surface area contributed by atoms with Crippen molar-refractivity contribution in [3.05, 3.63) is 69.7 Å². The number of hydrazine groups is 1. The summed E-state index contributed by atoms with van der Waals surface area (Å²) >= 11 is 0. The molecule has 2 N–H and O–H groups in total. The van der Waals surface area contributed by atoms with E-state index in [2.05, 4.69) is 41.5 Å². The highest BCUT2D eigenvalue weighted by molar-refractivity contribution is 5.87. The van der Waals surface area contributed by atoms with Gasteiger partial charge in [0, 0.05) is 37.9 Å². The zero-order valence-electron chi connectivity index (χ0n) is 22.5. The fraction of sp³-hybridized carbons (Fsp3) is 0.448. The van der Waals surface area contributed by atoms with Crippen LogP contribution in [0.1, 0.15) is 50.8 Å². The van der Waals surface area contributed by atoms with Crippen molar-refractivity contribution in [2.24, 2.45) is 5.92 Å². The number of aromatic nitrogens is 2. The summed E-state index contributed by atoms with van der Waals surface area (Å²) in [7, 11) is 1.76. The number of benzene rings is 2. The quantitative estimate of drug-likeness (QED) is 0.359. The average Bonchev–Trinajstić information content (AvgIpc) is 3.52. The van der Waals surface area contributed by atoms with Gasteiger partial charge in [0.1, 0.15) is 0 Å². The van der Waals surface area contributed by atoms with Crippen LogP contribution in [-0.4, -0.2) is 58.7 Å². The molecule has 39 heavy (non-hydrogen) atoms. The first kappa shape index (κ1) is 29.6. The molecule has 0 radical (unpaired) electrons. The molecular weight excluding hydrogens is 496 g/mol. The molecule has 2 heterocycles. The number of anilines is 1. The van der Waals surface area contributed by atoms with E-state index in [9.17, 15) is 14.4 Å². The standard InChI is InChI=1S/C28H36N6O4.CH4/c1-19(2)8-7-13-29-25(35)17-33(24-14-21(12-11-20(24)3)27-30-31-28(37)38-27)18-26(36)32(4)34-15-22-9-5-6-10-23(22)16-34;/h5-6,9-12,14,19H,7-8,13,15-18H2,1-4H3,(H,29,35)(H,31,37);1H4. The minimum atomic E-state index is -0.650. The lowest BCUT2D eigenvalue weighted by Gasteiger charge is -2.32. The Kier molecular flexibility index (Phi) is 10.1. The number of nitrogens with one attached hydrogen (secondary N) is 2. The predicted molar refractivity (Wildman–Crippen MR) is 152 cm³/mol. The zero-order chi connectivity index (χ0) is 27.2. The fourth-order valence-corrected chi connectivity index (χ4v) is 4.58. The number of nitrogens with zero attached hydrogens (tertiary/aromatic N) is 4. The second-order valence-electron chi connectivity index (χ2n) is 10.2. The first-order valence-corrected chi connectivity index (χ1v) is 13.0. The molecular formula is C29H40N6O4. The maximum atomic E-state index is 13.5. The Hall–Kier alpha value is -3.92. The van der Waals surface area contributed by atoms with Crippen LogP contribution in [0, 0.1) is 12.8 Å². The van der Waals surface area contributed by atoms with Crippen molar-refractivity contribution >= 4 is 17.5 Å². The van der Waals surface area contributed by atoms with E-state index in [0.29, 0.717) is 36.8 Å². The lowest BCUT2D eigenvalue weighted by molar-refractivity contribution is -0.145. The Morgan fingerprint density at radius 3 is 2.44 bits per heavy atom. The summed E-state index contributed by atoms with van der Waals surface area (Å²) in [6.07, 6.45) is 1.93. The SMILES string of the molecule is C.Cc1ccc(-c2n[nH]c(=O)o2)cc1N(CC(=O)NCCCC(C)C)CC(=O)N(C)N1Cc2ccccc2C1. The van der Waals surface area contributed by atoms with Crippen LogP contribution in [0.4, 0.5) is 5.69 Å². The van der Waals surface area contributed by atoms with Crippen LogP contribution >= 0.6 is 0 Å². The van der Waals surface area contributed by atoms with Crippen LogP contribution in [0.3, 0.4) is 0 Å². The molecule has 0 atom stereocenters. The summed E-state index contributed by atoms with van der Waals surface area (Å²) in [6, 6.07) is 13.6. The van der Waals surface area contributed by atoms with Crippen molar-refractivity contribution in [3.8, 4) is 11.5 Å². The number of likely N-dealkylation sites (N-methyl/N-ethyl adjacent to an activating group) is 1. The second-order valence-corrected chi connectivity index (χ2v) is 10.2. The van der Waals surface area contributed by atoms with Crippen molar-refractivity contribution in [2.75, 3.05) is 31.6 Å². The molecule has 2 amide bonds. The van der Waals surface area contributed by atoms with E-state index in [1.807, 2.05) is 30.1 Å². The highest BCUT2D eigenvalue weighted by Crippen LogP contribution is 2.27. The Morgan fingerprint density at radius 1 is 1.13 bits per heavy atom. The molecule has 0 unspecified atom stereocenters. The van der Waals surface area contributed by atoms with Gasteiger partial charge in [-0.1, -0.05) is 51.6 Å². The van der Waals surface area contributed by atoms with Gasteiger partial charge in [-0.15, -0.1) is 5.10 Å². The summed E-state index contributed by atoms with van der Waals surface area (Å²) in [6.45, 7) is 8.13. The molecule has 0 aliphatic carbocycles. The predicted octanol–water partition coefficient (Wildman–Crippen LogP) is 3.72. The van der Waals surface area contributed by atoms with Crippen molar-refractivity contribution in [3.63, 3.8) is 0 Å². The van der Waals surface area contributed by atoms with Gasteiger partial charge in [-0.3, -0.25) is 14.6 Å². The number of amides is 2. The Labute approximate surface area is 230 Å². The molecule has 0 saturated heterocycles.